The maximum atomic E-state index is 12.7. The van der Waals surface area contributed by atoms with Crippen molar-refractivity contribution in [2.24, 2.45) is 11.8 Å². The molecule has 5 nitrogen and oxygen atoms in total. The summed E-state index contributed by atoms with van der Waals surface area (Å²) in [6.07, 6.45) is 0.905. The minimum Gasteiger partial charge on any atom is -0.481 e. The fourth-order valence-electron chi connectivity index (χ4n) is 3.91. The van der Waals surface area contributed by atoms with Crippen LogP contribution in [0.4, 0.5) is 5.69 Å². The lowest BCUT2D eigenvalue weighted by Gasteiger charge is -2.24. The van der Waals surface area contributed by atoms with Crippen LogP contribution in [0.25, 0.3) is 0 Å². The Bertz CT molecular complexity index is 617. The molecule has 5 heteroatoms. The summed E-state index contributed by atoms with van der Waals surface area (Å²) in [7, 11) is 0. The van der Waals surface area contributed by atoms with Crippen LogP contribution in [0.5, 0.6) is 0 Å². The summed E-state index contributed by atoms with van der Waals surface area (Å²) in [5, 5.41) is 12.3. The van der Waals surface area contributed by atoms with E-state index in [2.05, 4.69) is 5.32 Å². The van der Waals surface area contributed by atoms with E-state index in [1.807, 2.05) is 32.9 Å². The van der Waals surface area contributed by atoms with Crippen molar-refractivity contribution >= 4 is 17.6 Å². The number of carbonyl (C=O) groups excluding carboxylic acids is 1. The van der Waals surface area contributed by atoms with Gasteiger partial charge in [-0.25, -0.2) is 0 Å². The van der Waals surface area contributed by atoms with Gasteiger partial charge >= 0.3 is 5.97 Å². The molecule has 2 heterocycles. The summed E-state index contributed by atoms with van der Waals surface area (Å²) in [6.45, 7) is 5.90. The zero-order valence-electron chi connectivity index (χ0n) is 13.1. The third-order valence-corrected chi connectivity index (χ3v) is 4.79. The molecular formula is C17H21NO4. The first kappa shape index (κ1) is 15.0. The maximum absolute atomic E-state index is 12.7. The summed E-state index contributed by atoms with van der Waals surface area (Å²) < 4.78 is 5.66. The Morgan fingerprint density at radius 1 is 1.09 bits per heavy atom. The number of fused-ring (bicyclic) bond motifs is 2. The van der Waals surface area contributed by atoms with Gasteiger partial charge < -0.3 is 15.2 Å². The molecule has 0 spiro atoms. The van der Waals surface area contributed by atoms with E-state index in [0.717, 1.165) is 35.2 Å². The number of hydrogen-bond acceptors (Lipinski definition) is 3. The van der Waals surface area contributed by atoms with Crippen LogP contribution in [0.15, 0.2) is 12.1 Å². The molecule has 2 saturated heterocycles. The monoisotopic (exact) mass is 303 g/mol. The molecule has 3 rings (SSSR count). The van der Waals surface area contributed by atoms with E-state index < -0.39 is 17.8 Å². The number of amides is 1. The van der Waals surface area contributed by atoms with E-state index in [4.69, 9.17) is 4.74 Å². The number of anilines is 1. The number of rotatable bonds is 3. The van der Waals surface area contributed by atoms with Crippen LogP contribution in [-0.2, 0) is 14.3 Å². The summed E-state index contributed by atoms with van der Waals surface area (Å²) >= 11 is 0. The second-order valence-electron chi connectivity index (χ2n) is 6.44. The van der Waals surface area contributed by atoms with Gasteiger partial charge in [-0.15, -0.1) is 0 Å². The standard InChI is InChI=1S/C17H21NO4/c1-8-6-9(2)15(10(3)7-8)18-16(19)13-11-4-5-12(22-11)14(13)17(20)21/h6-7,11-14H,4-5H2,1-3H3,(H,18,19)(H,20,21)/t11-,12-,13?,14?/m1/s1. The number of ether oxygens (including phenoxy) is 1. The molecule has 2 fully saturated rings. The van der Waals surface area contributed by atoms with Crippen molar-refractivity contribution in [1.29, 1.82) is 0 Å². The number of hydrogen-bond donors (Lipinski definition) is 2. The quantitative estimate of drug-likeness (QED) is 0.899. The second kappa shape index (κ2) is 5.39. The molecule has 2 aliphatic rings. The highest BCUT2D eigenvalue weighted by atomic mass is 16.5. The average Bonchev–Trinajstić information content (AvgIpc) is 3.02. The highest BCUT2D eigenvalue weighted by Crippen LogP contribution is 2.44. The molecule has 0 radical (unpaired) electrons. The lowest BCUT2D eigenvalue weighted by Crippen LogP contribution is -2.41. The minimum atomic E-state index is -0.940. The van der Waals surface area contributed by atoms with E-state index in [1.54, 1.807) is 0 Å². The molecule has 4 atom stereocenters. The van der Waals surface area contributed by atoms with Gasteiger partial charge in [-0.2, -0.15) is 0 Å². The lowest BCUT2D eigenvalue weighted by molar-refractivity contribution is -0.147. The minimum absolute atomic E-state index is 0.241. The first-order chi connectivity index (χ1) is 10.4. The third kappa shape index (κ3) is 2.39. The van der Waals surface area contributed by atoms with E-state index in [1.165, 1.54) is 0 Å². The Labute approximate surface area is 129 Å². The topological polar surface area (TPSA) is 75.6 Å². The molecule has 2 aliphatic heterocycles. The van der Waals surface area contributed by atoms with E-state index in [0.29, 0.717) is 0 Å². The van der Waals surface area contributed by atoms with Crippen LogP contribution >= 0.6 is 0 Å². The zero-order valence-corrected chi connectivity index (χ0v) is 13.1. The number of carboxylic acids is 1. The van der Waals surface area contributed by atoms with Gasteiger partial charge in [-0.05, 0) is 44.7 Å². The van der Waals surface area contributed by atoms with Crippen molar-refractivity contribution in [1.82, 2.24) is 0 Å². The van der Waals surface area contributed by atoms with Crippen molar-refractivity contribution < 1.29 is 19.4 Å². The SMILES string of the molecule is Cc1cc(C)c(NC(=O)C2C(C(=O)O)[C@H]3CC[C@H]2O3)c(C)c1. The predicted molar refractivity (Wildman–Crippen MR) is 81.8 cm³/mol. The van der Waals surface area contributed by atoms with E-state index in [-0.39, 0.29) is 18.1 Å². The van der Waals surface area contributed by atoms with Gasteiger partial charge in [0.15, 0.2) is 0 Å². The molecule has 0 aliphatic carbocycles. The Balaban J connectivity index is 1.84. The van der Waals surface area contributed by atoms with Gasteiger partial charge in [0, 0.05) is 5.69 Å². The van der Waals surface area contributed by atoms with Crippen molar-refractivity contribution in [3.8, 4) is 0 Å². The van der Waals surface area contributed by atoms with Crippen LogP contribution in [0, 0.1) is 32.6 Å². The number of nitrogens with one attached hydrogen (secondary N) is 1. The highest BCUT2D eigenvalue weighted by Gasteiger charge is 2.55. The van der Waals surface area contributed by atoms with Crippen LogP contribution in [-0.4, -0.2) is 29.2 Å². The van der Waals surface area contributed by atoms with Gasteiger partial charge in [0.1, 0.15) is 0 Å². The van der Waals surface area contributed by atoms with Crippen LogP contribution in [0.3, 0.4) is 0 Å². The summed E-state index contributed by atoms with van der Waals surface area (Å²) in [6, 6.07) is 4.02. The molecule has 1 aromatic rings. The fourth-order valence-corrected chi connectivity index (χ4v) is 3.91. The van der Waals surface area contributed by atoms with Gasteiger partial charge in [0.25, 0.3) is 0 Å². The fraction of sp³-hybridized carbons (Fsp3) is 0.529. The molecule has 2 unspecified atom stereocenters. The molecule has 22 heavy (non-hydrogen) atoms. The largest absolute Gasteiger partial charge is 0.481 e. The maximum Gasteiger partial charge on any atom is 0.310 e. The van der Waals surface area contributed by atoms with Gasteiger partial charge in [-0.1, -0.05) is 17.7 Å². The van der Waals surface area contributed by atoms with Crippen LogP contribution < -0.4 is 5.32 Å². The second-order valence-corrected chi connectivity index (χ2v) is 6.44. The summed E-state index contributed by atoms with van der Waals surface area (Å²) in [4.78, 5) is 24.1. The number of carbonyl (C=O) groups is 2. The molecule has 1 aromatic carbocycles. The van der Waals surface area contributed by atoms with Crippen LogP contribution in [0.2, 0.25) is 0 Å². The molecule has 1 amide bonds. The van der Waals surface area contributed by atoms with Gasteiger partial charge in [-0.3, -0.25) is 9.59 Å². The van der Waals surface area contributed by atoms with E-state index >= 15 is 0 Å². The summed E-state index contributed by atoms with van der Waals surface area (Å²) in [5.41, 5.74) is 3.89. The number of benzene rings is 1. The van der Waals surface area contributed by atoms with Crippen molar-refractivity contribution in [3.63, 3.8) is 0 Å². The molecule has 118 valence electrons. The average molecular weight is 303 g/mol. The number of aliphatic carboxylic acids is 1. The zero-order chi connectivity index (χ0) is 16.0. The van der Waals surface area contributed by atoms with Crippen molar-refractivity contribution in [2.75, 3.05) is 5.32 Å². The number of aryl methyl sites for hydroxylation is 3. The Morgan fingerprint density at radius 2 is 1.64 bits per heavy atom. The highest BCUT2D eigenvalue weighted by molar-refractivity contribution is 5.97. The Morgan fingerprint density at radius 3 is 2.18 bits per heavy atom. The van der Waals surface area contributed by atoms with Gasteiger partial charge in [0.05, 0.1) is 24.0 Å². The van der Waals surface area contributed by atoms with Crippen molar-refractivity contribution in [3.05, 3.63) is 28.8 Å². The summed E-state index contributed by atoms with van der Waals surface area (Å²) in [5.74, 6) is -2.51. The van der Waals surface area contributed by atoms with Crippen molar-refractivity contribution in [2.45, 2.75) is 45.8 Å². The molecule has 2 bridgehead atoms. The Kier molecular flexibility index (Phi) is 3.68. The smallest absolute Gasteiger partial charge is 0.310 e. The molecule has 0 aromatic heterocycles. The number of carboxylic acid groups (broad SMARTS) is 1. The normalized spacial score (nSPS) is 29.6. The van der Waals surface area contributed by atoms with Gasteiger partial charge in [0.2, 0.25) is 5.91 Å². The molecule has 2 N–H and O–H groups in total. The third-order valence-electron chi connectivity index (χ3n) is 4.79. The van der Waals surface area contributed by atoms with E-state index in [9.17, 15) is 14.7 Å². The Hall–Kier alpha value is -1.88. The molecular weight excluding hydrogens is 282 g/mol. The molecule has 0 saturated carbocycles. The first-order valence-corrected chi connectivity index (χ1v) is 7.65. The lowest BCUT2D eigenvalue weighted by atomic mass is 9.78. The first-order valence-electron chi connectivity index (χ1n) is 7.65. The van der Waals surface area contributed by atoms with Crippen LogP contribution in [0.1, 0.15) is 29.5 Å². The predicted octanol–water partition coefficient (Wildman–Crippen LogP) is 2.43.